The molecule has 0 atom stereocenters. The Labute approximate surface area is 107 Å². The van der Waals surface area contributed by atoms with Gasteiger partial charge in [0.15, 0.2) is 0 Å². The lowest BCUT2D eigenvalue weighted by atomic mass is 10.1. The van der Waals surface area contributed by atoms with E-state index in [0.29, 0.717) is 5.82 Å². The number of nitrogens with one attached hydrogen (secondary N) is 2. The molecule has 6 heteroatoms. The summed E-state index contributed by atoms with van der Waals surface area (Å²) in [7, 11) is 0. The van der Waals surface area contributed by atoms with Crippen molar-refractivity contribution in [3.8, 4) is 0 Å². The molecule has 100 valence electrons. The third-order valence-electron chi connectivity index (χ3n) is 3.33. The highest BCUT2D eigenvalue weighted by Gasteiger charge is 2.41. The number of rotatable bonds is 7. The standard InChI is InChI=1S/C12H21N5O/c1-2-3-9-15-10(6-11(16-9)17-13)14-7-12(8-18)4-5-12/h6,18H,2-5,7-8,13H2,1H3,(H2,14,15,16,17). The molecule has 0 unspecified atom stereocenters. The van der Waals surface area contributed by atoms with Crippen molar-refractivity contribution < 1.29 is 5.11 Å². The summed E-state index contributed by atoms with van der Waals surface area (Å²) in [5.41, 5.74) is 2.61. The SMILES string of the molecule is CCCc1nc(NN)cc(NCC2(CO)CC2)n1. The molecular weight excluding hydrogens is 230 g/mol. The lowest BCUT2D eigenvalue weighted by molar-refractivity contribution is 0.219. The van der Waals surface area contributed by atoms with E-state index in [9.17, 15) is 5.11 Å². The zero-order valence-electron chi connectivity index (χ0n) is 10.7. The zero-order chi connectivity index (χ0) is 13.0. The minimum Gasteiger partial charge on any atom is -0.396 e. The summed E-state index contributed by atoms with van der Waals surface area (Å²) in [4.78, 5) is 8.72. The van der Waals surface area contributed by atoms with Gasteiger partial charge in [0, 0.05) is 24.4 Å². The first-order valence-electron chi connectivity index (χ1n) is 6.41. The first-order valence-corrected chi connectivity index (χ1v) is 6.41. The van der Waals surface area contributed by atoms with Crippen LogP contribution in [0.1, 0.15) is 32.0 Å². The summed E-state index contributed by atoms with van der Waals surface area (Å²) in [5.74, 6) is 7.56. The summed E-state index contributed by atoms with van der Waals surface area (Å²) in [6.07, 6.45) is 3.97. The quantitative estimate of drug-likeness (QED) is 0.425. The molecule has 0 aromatic carbocycles. The predicted octanol–water partition coefficient (Wildman–Crippen LogP) is 0.899. The summed E-state index contributed by atoms with van der Waals surface area (Å²) < 4.78 is 0. The van der Waals surface area contributed by atoms with E-state index in [1.54, 1.807) is 6.07 Å². The number of hydrogen-bond acceptors (Lipinski definition) is 6. The maximum atomic E-state index is 9.27. The molecule has 18 heavy (non-hydrogen) atoms. The molecule has 1 fully saturated rings. The fraction of sp³-hybridized carbons (Fsp3) is 0.667. The minimum atomic E-state index is 0.0617. The van der Waals surface area contributed by atoms with Crippen molar-refractivity contribution >= 4 is 11.6 Å². The van der Waals surface area contributed by atoms with E-state index in [4.69, 9.17) is 5.84 Å². The Balaban J connectivity index is 2.04. The molecule has 1 saturated carbocycles. The second-order valence-corrected chi connectivity index (χ2v) is 4.96. The molecule has 0 amide bonds. The number of aryl methyl sites for hydroxylation is 1. The number of hydrazine groups is 1. The Morgan fingerprint density at radius 1 is 1.39 bits per heavy atom. The van der Waals surface area contributed by atoms with Gasteiger partial charge in [-0.15, -0.1) is 0 Å². The minimum absolute atomic E-state index is 0.0617. The van der Waals surface area contributed by atoms with Gasteiger partial charge >= 0.3 is 0 Å². The number of hydrogen-bond donors (Lipinski definition) is 4. The molecule has 0 spiro atoms. The van der Waals surface area contributed by atoms with Crippen LogP contribution in [0, 0.1) is 5.41 Å². The van der Waals surface area contributed by atoms with Crippen LogP contribution in [0.2, 0.25) is 0 Å². The smallest absolute Gasteiger partial charge is 0.145 e. The van der Waals surface area contributed by atoms with E-state index in [0.717, 1.165) is 43.9 Å². The average molecular weight is 251 g/mol. The molecule has 1 aliphatic rings. The van der Waals surface area contributed by atoms with Gasteiger partial charge in [-0.1, -0.05) is 6.92 Å². The van der Waals surface area contributed by atoms with Crippen molar-refractivity contribution in [2.24, 2.45) is 11.3 Å². The fourth-order valence-corrected chi connectivity index (χ4v) is 1.84. The molecule has 0 saturated heterocycles. The van der Waals surface area contributed by atoms with Crippen LogP contribution in [0.5, 0.6) is 0 Å². The van der Waals surface area contributed by atoms with Crippen LogP contribution < -0.4 is 16.6 Å². The summed E-state index contributed by atoms with van der Waals surface area (Å²) in [5, 5.41) is 12.5. The maximum Gasteiger partial charge on any atom is 0.145 e. The van der Waals surface area contributed by atoms with Crippen molar-refractivity contribution in [1.29, 1.82) is 0 Å². The summed E-state index contributed by atoms with van der Waals surface area (Å²) in [6, 6.07) is 1.78. The second kappa shape index (κ2) is 5.49. The molecule has 0 aliphatic heterocycles. The van der Waals surface area contributed by atoms with Gasteiger partial charge in [-0.3, -0.25) is 0 Å². The molecule has 1 aliphatic carbocycles. The van der Waals surface area contributed by atoms with Crippen molar-refractivity contribution in [1.82, 2.24) is 9.97 Å². The molecule has 6 nitrogen and oxygen atoms in total. The zero-order valence-corrected chi connectivity index (χ0v) is 10.7. The van der Waals surface area contributed by atoms with Gasteiger partial charge in [0.25, 0.3) is 0 Å². The lowest BCUT2D eigenvalue weighted by Gasteiger charge is -2.14. The van der Waals surface area contributed by atoms with E-state index in [1.807, 2.05) is 0 Å². The number of nitrogens with zero attached hydrogens (tertiary/aromatic N) is 2. The molecule has 2 rings (SSSR count). The number of aromatic nitrogens is 2. The first-order chi connectivity index (χ1) is 8.71. The number of anilines is 2. The maximum absolute atomic E-state index is 9.27. The van der Waals surface area contributed by atoms with E-state index in [-0.39, 0.29) is 12.0 Å². The van der Waals surface area contributed by atoms with Gasteiger partial charge in [0.2, 0.25) is 0 Å². The highest BCUT2D eigenvalue weighted by atomic mass is 16.3. The Morgan fingerprint density at radius 3 is 2.67 bits per heavy atom. The normalized spacial score (nSPS) is 16.4. The molecular formula is C12H21N5O. The molecule has 1 aromatic heterocycles. The summed E-state index contributed by atoms with van der Waals surface area (Å²) >= 11 is 0. The van der Waals surface area contributed by atoms with E-state index in [1.165, 1.54) is 0 Å². The Kier molecular flexibility index (Phi) is 3.98. The van der Waals surface area contributed by atoms with Crippen LogP contribution in [0.15, 0.2) is 6.07 Å². The molecule has 1 aromatic rings. The lowest BCUT2D eigenvalue weighted by Crippen LogP contribution is -2.20. The average Bonchev–Trinajstić information content (AvgIpc) is 3.17. The van der Waals surface area contributed by atoms with Crippen LogP contribution in [-0.2, 0) is 6.42 Å². The predicted molar refractivity (Wildman–Crippen MR) is 71.1 cm³/mol. The van der Waals surface area contributed by atoms with Crippen LogP contribution >= 0.6 is 0 Å². The highest BCUT2D eigenvalue weighted by molar-refractivity contribution is 5.47. The van der Waals surface area contributed by atoms with Crippen LogP contribution in [0.3, 0.4) is 0 Å². The van der Waals surface area contributed by atoms with E-state index in [2.05, 4.69) is 27.6 Å². The Morgan fingerprint density at radius 2 is 2.11 bits per heavy atom. The van der Waals surface area contributed by atoms with Crippen molar-refractivity contribution in [3.63, 3.8) is 0 Å². The van der Waals surface area contributed by atoms with Gasteiger partial charge in [-0.25, -0.2) is 15.8 Å². The van der Waals surface area contributed by atoms with Crippen molar-refractivity contribution in [2.75, 3.05) is 23.9 Å². The molecule has 0 radical (unpaired) electrons. The van der Waals surface area contributed by atoms with Crippen molar-refractivity contribution in [2.45, 2.75) is 32.6 Å². The second-order valence-electron chi connectivity index (χ2n) is 4.96. The van der Waals surface area contributed by atoms with Crippen LogP contribution in [-0.4, -0.2) is 28.2 Å². The highest BCUT2D eigenvalue weighted by Crippen LogP contribution is 2.44. The molecule has 5 N–H and O–H groups in total. The number of nitrogen functional groups attached to an aromatic ring is 1. The van der Waals surface area contributed by atoms with Gasteiger partial charge < -0.3 is 15.8 Å². The third kappa shape index (κ3) is 3.08. The fourth-order valence-electron chi connectivity index (χ4n) is 1.84. The van der Waals surface area contributed by atoms with Crippen LogP contribution in [0.25, 0.3) is 0 Å². The van der Waals surface area contributed by atoms with E-state index >= 15 is 0 Å². The van der Waals surface area contributed by atoms with Gasteiger partial charge in [-0.05, 0) is 19.3 Å². The monoisotopic (exact) mass is 251 g/mol. The van der Waals surface area contributed by atoms with Crippen molar-refractivity contribution in [3.05, 3.63) is 11.9 Å². The number of nitrogens with two attached hydrogens (primary N) is 1. The Bertz CT molecular complexity index is 405. The molecule has 1 heterocycles. The topological polar surface area (TPSA) is 96.1 Å². The van der Waals surface area contributed by atoms with Crippen LogP contribution in [0.4, 0.5) is 11.6 Å². The van der Waals surface area contributed by atoms with Gasteiger partial charge in [0.05, 0.1) is 6.61 Å². The van der Waals surface area contributed by atoms with E-state index < -0.39 is 0 Å². The molecule has 0 bridgehead atoms. The van der Waals surface area contributed by atoms with Gasteiger partial charge in [0.1, 0.15) is 17.5 Å². The number of aliphatic hydroxyl groups is 1. The van der Waals surface area contributed by atoms with Gasteiger partial charge in [-0.2, -0.15) is 0 Å². The Hall–Kier alpha value is -1.40. The first kappa shape index (κ1) is 13.0. The number of aliphatic hydroxyl groups excluding tert-OH is 1. The largest absolute Gasteiger partial charge is 0.396 e. The third-order valence-corrected chi connectivity index (χ3v) is 3.33. The summed E-state index contributed by atoms with van der Waals surface area (Å²) in [6.45, 7) is 3.06.